The van der Waals surface area contributed by atoms with Crippen LogP contribution in [0.2, 0.25) is 0 Å². The van der Waals surface area contributed by atoms with Crippen molar-refractivity contribution in [2.45, 2.75) is 12.6 Å². The van der Waals surface area contributed by atoms with Gasteiger partial charge in [0.1, 0.15) is 11.4 Å². The van der Waals surface area contributed by atoms with E-state index in [1.165, 1.54) is 11.0 Å². The SMILES string of the molecule is NC(=O)C1CN(C(=O)/C=C/c2cn(Cc3ccccc3)nc2-c2cccs2)c2ccccc2O1. The van der Waals surface area contributed by atoms with Crippen LogP contribution < -0.4 is 15.4 Å². The lowest BCUT2D eigenvalue weighted by Gasteiger charge is -2.32. The minimum Gasteiger partial charge on any atom is -0.477 e. The average molecular weight is 471 g/mol. The number of carbonyl (C=O) groups is 2. The number of amides is 2. The Labute approximate surface area is 200 Å². The molecule has 4 aromatic rings. The number of aromatic nitrogens is 2. The molecule has 1 aliphatic rings. The second-order valence-electron chi connectivity index (χ2n) is 7.85. The zero-order chi connectivity index (χ0) is 23.5. The predicted octanol–water partition coefficient (Wildman–Crippen LogP) is 3.95. The van der Waals surface area contributed by atoms with Crippen molar-refractivity contribution in [3.05, 3.63) is 95.5 Å². The molecule has 2 aromatic heterocycles. The minimum atomic E-state index is -0.900. The third kappa shape index (κ3) is 4.49. The van der Waals surface area contributed by atoms with Gasteiger partial charge in [0.15, 0.2) is 6.10 Å². The Morgan fingerprint density at radius 1 is 1.09 bits per heavy atom. The standard InChI is InChI=1S/C26H22N4O3S/c27-26(32)22-17-30(20-9-4-5-10-21(20)33-22)24(31)13-12-19-16-29(15-18-7-2-1-3-8-18)28-25(19)23-11-6-14-34-23/h1-14,16,22H,15,17H2,(H2,27,32)/b13-12+. The molecule has 1 unspecified atom stereocenters. The van der Waals surface area contributed by atoms with Crippen LogP contribution in [-0.4, -0.2) is 34.2 Å². The molecule has 2 N–H and O–H groups in total. The third-order valence-electron chi connectivity index (χ3n) is 5.49. The molecule has 0 radical (unpaired) electrons. The molecule has 34 heavy (non-hydrogen) atoms. The first kappa shape index (κ1) is 21.7. The number of nitrogens with two attached hydrogens (primary N) is 1. The molecule has 170 valence electrons. The number of para-hydroxylation sites is 2. The fourth-order valence-electron chi connectivity index (χ4n) is 3.86. The summed E-state index contributed by atoms with van der Waals surface area (Å²) in [5.41, 5.74) is 8.85. The van der Waals surface area contributed by atoms with Crippen molar-refractivity contribution >= 4 is 34.9 Å². The predicted molar refractivity (Wildman–Crippen MR) is 133 cm³/mol. The molecular weight excluding hydrogens is 448 g/mol. The monoisotopic (exact) mass is 470 g/mol. The summed E-state index contributed by atoms with van der Waals surface area (Å²) in [4.78, 5) is 27.5. The third-order valence-corrected chi connectivity index (χ3v) is 6.37. The zero-order valence-corrected chi connectivity index (χ0v) is 19.0. The Kier molecular flexibility index (Phi) is 5.97. The number of thiophene rings is 1. The Bertz CT molecular complexity index is 1350. The number of hydrogen-bond donors (Lipinski definition) is 1. The van der Waals surface area contributed by atoms with Crippen LogP contribution in [0.1, 0.15) is 11.1 Å². The first-order valence-corrected chi connectivity index (χ1v) is 11.7. The van der Waals surface area contributed by atoms with Gasteiger partial charge in [-0.25, -0.2) is 0 Å². The van der Waals surface area contributed by atoms with Gasteiger partial charge in [-0.1, -0.05) is 48.5 Å². The van der Waals surface area contributed by atoms with E-state index in [0.29, 0.717) is 18.0 Å². The van der Waals surface area contributed by atoms with Gasteiger partial charge in [0, 0.05) is 17.8 Å². The van der Waals surface area contributed by atoms with E-state index in [0.717, 1.165) is 21.7 Å². The van der Waals surface area contributed by atoms with Crippen LogP contribution >= 0.6 is 11.3 Å². The van der Waals surface area contributed by atoms with Crippen molar-refractivity contribution in [3.63, 3.8) is 0 Å². The van der Waals surface area contributed by atoms with E-state index in [-0.39, 0.29) is 12.5 Å². The second-order valence-corrected chi connectivity index (χ2v) is 8.80. The summed E-state index contributed by atoms with van der Waals surface area (Å²) in [6.45, 7) is 0.679. The fourth-order valence-corrected chi connectivity index (χ4v) is 4.59. The molecule has 0 fully saturated rings. The van der Waals surface area contributed by atoms with E-state index in [1.54, 1.807) is 35.6 Å². The van der Waals surface area contributed by atoms with Crippen molar-refractivity contribution in [1.82, 2.24) is 9.78 Å². The molecule has 0 aliphatic carbocycles. The maximum atomic E-state index is 13.2. The fraction of sp³-hybridized carbons (Fsp3) is 0.115. The Balaban J connectivity index is 1.44. The summed E-state index contributed by atoms with van der Waals surface area (Å²) < 4.78 is 7.54. The molecule has 0 saturated carbocycles. The van der Waals surface area contributed by atoms with Gasteiger partial charge in [-0.2, -0.15) is 5.10 Å². The number of carbonyl (C=O) groups excluding carboxylic acids is 2. The summed E-state index contributed by atoms with van der Waals surface area (Å²) in [7, 11) is 0. The lowest BCUT2D eigenvalue weighted by Crippen LogP contribution is -2.49. The maximum Gasteiger partial charge on any atom is 0.260 e. The number of rotatable bonds is 6. The van der Waals surface area contributed by atoms with Crippen molar-refractivity contribution in [2.75, 3.05) is 11.4 Å². The quantitative estimate of drug-likeness (QED) is 0.432. The van der Waals surface area contributed by atoms with Crippen LogP contribution in [0.25, 0.3) is 16.6 Å². The zero-order valence-electron chi connectivity index (χ0n) is 18.2. The minimum absolute atomic E-state index is 0.0561. The van der Waals surface area contributed by atoms with Crippen LogP contribution in [-0.2, 0) is 16.1 Å². The normalized spacial score (nSPS) is 15.2. The van der Waals surface area contributed by atoms with E-state index in [1.807, 2.05) is 52.7 Å². The largest absolute Gasteiger partial charge is 0.477 e. The van der Waals surface area contributed by atoms with Gasteiger partial charge >= 0.3 is 0 Å². The highest BCUT2D eigenvalue weighted by Gasteiger charge is 2.31. The molecule has 2 aromatic carbocycles. The Hall–Kier alpha value is -4.17. The number of hydrogen-bond acceptors (Lipinski definition) is 5. The van der Waals surface area contributed by atoms with E-state index >= 15 is 0 Å². The van der Waals surface area contributed by atoms with Crippen molar-refractivity contribution in [3.8, 4) is 16.3 Å². The summed E-state index contributed by atoms with van der Waals surface area (Å²) in [5.74, 6) is -0.428. The highest BCUT2D eigenvalue weighted by atomic mass is 32.1. The molecule has 1 atom stereocenters. The maximum absolute atomic E-state index is 13.2. The van der Waals surface area contributed by atoms with Crippen molar-refractivity contribution < 1.29 is 14.3 Å². The van der Waals surface area contributed by atoms with Crippen molar-refractivity contribution in [1.29, 1.82) is 0 Å². The molecule has 0 spiro atoms. The van der Waals surface area contributed by atoms with Gasteiger partial charge in [-0.15, -0.1) is 11.3 Å². The van der Waals surface area contributed by atoms with Crippen molar-refractivity contribution in [2.24, 2.45) is 5.73 Å². The number of ether oxygens (including phenoxy) is 1. The molecule has 7 nitrogen and oxygen atoms in total. The molecule has 0 bridgehead atoms. The van der Waals surface area contributed by atoms with Gasteiger partial charge in [-0.05, 0) is 35.2 Å². The highest BCUT2D eigenvalue weighted by molar-refractivity contribution is 7.13. The molecule has 2 amide bonds. The van der Waals surface area contributed by atoms with Gasteiger partial charge in [-0.3, -0.25) is 14.3 Å². The topological polar surface area (TPSA) is 90.5 Å². The highest BCUT2D eigenvalue weighted by Crippen LogP contribution is 2.33. The number of nitrogens with zero attached hydrogens (tertiary/aromatic N) is 3. The first-order valence-electron chi connectivity index (χ1n) is 10.8. The lowest BCUT2D eigenvalue weighted by molar-refractivity contribution is -0.125. The molecule has 3 heterocycles. The molecular formula is C26H22N4O3S. The van der Waals surface area contributed by atoms with E-state index in [4.69, 9.17) is 15.6 Å². The van der Waals surface area contributed by atoms with Gasteiger partial charge < -0.3 is 15.4 Å². The Morgan fingerprint density at radius 3 is 2.65 bits per heavy atom. The van der Waals surface area contributed by atoms with Crippen LogP contribution in [0.5, 0.6) is 5.75 Å². The number of anilines is 1. The van der Waals surface area contributed by atoms with Crippen LogP contribution in [0, 0.1) is 0 Å². The van der Waals surface area contributed by atoms with Gasteiger partial charge in [0.25, 0.3) is 11.8 Å². The Morgan fingerprint density at radius 2 is 1.88 bits per heavy atom. The molecule has 5 rings (SSSR count). The van der Waals surface area contributed by atoms with E-state index < -0.39 is 12.0 Å². The van der Waals surface area contributed by atoms with Crippen LogP contribution in [0.15, 0.2) is 84.4 Å². The number of primary amides is 1. The number of benzene rings is 2. The smallest absolute Gasteiger partial charge is 0.260 e. The summed E-state index contributed by atoms with van der Waals surface area (Å²) in [6, 6.07) is 21.2. The molecule has 0 saturated heterocycles. The summed E-state index contributed by atoms with van der Waals surface area (Å²) in [5, 5.41) is 6.78. The lowest BCUT2D eigenvalue weighted by atomic mass is 10.1. The van der Waals surface area contributed by atoms with E-state index in [2.05, 4.69) is 12.1 Å². The van der Waals surface area contributed by atoms with Crippen LogP contribution in [0.3, 0.4) is 0 Å². The van der Waals surface area contributed by atoms with Crippen LogP contribution in [0.4, 0.5) is 5.69 Å². The van der Waals surface area contributed by atoms with E-state index in [9.17, 15) is 9.59 Å². The average Bonchev–Trinajstić information content (AvgIpc) is 3.52. The second kappa shape index (κ2) is 9.36. The first-order chi connectivity index (χ1) is 16.6. The summed E-state index contributed by atoms with van der Waals surface area (Å²) >= 11 is 1.59. The molecule has 8 heteroatoms. The number of fused-ring (bicyclic) bond motifs is 1. The van der Waals surface area contributed by atoms with Gasteiger partial charge in [0.2, 0.25) is 0 Å². The molecule has 1 aliphatic heterocycles. The van der Waals surface area contributed by atoms with Gasteiger partial charge in [0.05, 0.1) is 23.7 Å². The summed E-state index contributed by atoms with van der Waals surface area (Å²) in [6.07, 6.45) is 4.30.